The normalized spacial score (nSPS) is 19.3. The van der Waals surface area contributed by atoms with Crippen LogP contribution in [0.5, 0.6) is 0 Å². The second kappa shape index (κ2) is 7.67. The zero-order valence-corrected chi connectivity index (χ0v) is 15.9. The first-order chi connectivity index (χ1) is 12.5. The summed E-state index contributed by atoms with van der Waals surface area (Å²) in [5, 5.41) is 0. The van der Waals surface area contributed by atoms with Crippen LogP contribution in [0, 0.1) is 0 Å². The standard InChI is InChI=1S/C18H24N2O5S/c1-3-9-20-16(18(21)19-10-12-24-13-11-19)17(25-4-2)14-7-5-6-8-15(14)26(20,22)23/h5-8H,3-4,9-13H2,1-2H3. The second-order valence-electron chi connectivity index (χ2n) is 6.09. The number of carbonyl (C=O) groups is 1. The van der Waals surface area contributed by atoms with Gasteiger partial charge in [-0.3, -0.25) is 9.10 Å². The molecule has 142 valence electrons. The lowest BCUT2D eigenvalue weighted by atomic mass is 10.1. The van der Waals surface area contributed by atoms with Gasteiger partial charge in [-0.25, -0.2) is 8.42 Å². The van der Waals surface area contributed by atoms with Gasteiger partial charge in [-0.15, -0.1) is 0 Å². The Labute approximate surface area is 154 Å². The molecule has 1 saturated heterocycles. The van der Waals surface area contributed by atoms with Crippen molar-refractivity contribution in [3.8, 4) is 0 Å². The summed E-state index contributed by atoms with van der Waals surface area (Å²) < 4.78 is 38.7. The van der Waals surface area contributed by atoms with Crippen LogP contribution in [0.4, 0.5) is 0 Å². The van der Waals surface area contributed by atoms with E-state index in [9.17, 15) is 13.2 Å². The molecule has 0 atom stereocenters. The number of hydrogen-bond acceptors (Lipinski definition) is 5. The van der Waals surface area contributed by atoms with Gasteiger partial charge in [0.15, 0.2) is 11.5 Å². The molecule has 1 fully saturated rings. The molecular formula is C18H24N2O5S. The van der Waals surface area contributed by atoms with Gasteiger partial charge in [-0.1, -0.05) is 19.1 Å². The third kappa shape index (κ3) is 3.19. The first-order valence-corrected chi connectivity index (χ1v) is 10.3. The minimum absolute atomic E-state index is 0.106. The summed E-state index contributed by atoms with van der Waals surface area (Å²) in [7, 11) is -3.81. The molecule has 2 aliphatic heterocycles. The van der Waals surface area contributed by atoms with Gasteiger partial charge in [0.25, 0.3) is 15.9 Å². The fourth-order valence-electron chi connectivity index (χ4n) is 3.20. The number of morpholine rings is 1. The van der Waals surface area contributed by atoms with E-state index in [1.807, 2.05) is 13.8 Å². The van der Waals surface area contributed by atoms with Crippen molar-refractivity contribution >= 4 is 21.7 Å². The van der Waals surface area contributed by atoms with Crippen LogP contribution < -0.4 is 0 Å². The Balaban J connectivity index is 2.20. The summed E-state index contributed by atoms with van der Waals surface area (Å²) in [5.74, 6) is 0.00569. The van der Waals surface area contributed by atoms with Crippen molar-refractivity contribution in [2.24, 2.45) is 0 Å². The number of amides is 1. The molecule has 1 amide bonds. The zero-order chi connectivity index (χ0) is 18.7. The van der Waals surface area contributed by atoms with E-state index in [2.05, 4.69) is 0 Å². The Bertz CT molecular complexity index is 813. The summed E-state index contributed by atoms with van der Waals surface area (Å²) in [4.78, 5) is 15.1. The molecule has 0 aliphatic carbocycles. The molecule has 1 aromatic rings. The molecular weight excluding hydrogens is 356 g/mol. The fraction of sp³-hybridized carbons (Fsp3) is 0.500. The Kier molecular flexibility index (Phi) is 5.52. The van der Waals surface area contributed by atoms with Crippen molar-refractivity contribution in [2.75, 3.05) is 39.5 Å². The van der Waals surface area contributed by atoms with Gasteiger partial charge in [-0.05, 0) is 25.5 Å². The van der Waals surface area contributed by atoms with Crippen LogP contribution in [0.1, 0.15) is 25.8 Å². The molecule has 2 aliphatic rings. The Hall–Kier alpha value is -2.06. The summed E-state index contributed by atoms with van der Waals surface area (Å²) in [6.45, 7) is 6.02. The topological polar surface area (TPSA) is 76.2 Å². The van der Waals surface area contributed by atoms with Crippen LogP contribution in [0.25, 0.3) is 5.76 Å². The monoisotopic (exact) mass is 380 g/mol. The van der Waals surface area contributed by atoms with E-state index in [4.69, 9.17) is 9.47 Å². The Morgan fingerprint density at radius 3 is 2.54 bits per heavy atom. The lowest BCUT2D eigenvalue weighted by Crippen LogP contribution is -2.47. The molecule has 26 heavy (non-hydrogen) atoms. The van der Waals surface area contributed by atoms with Crippen LogP contribution in [0.15, 0.2) is 34.9 Å². The van der Waals surface area contributed by atoms with E-state index in [0.29, 0.717) is 50.7 Å². The molecule has 0 radical (unpaired) electrons. The molecule has 0 N–H and O–H groups in total. The maximum atomic E-state index is 13.2. The highest BCUT2D eigenvalue weighted by molar-refractivity contribution is 7.89. The lowest BCUT2D eigenvalue weighted by molar-refractivity contribution is -0.132. The first kappa shape index (κ1) is 18.7. The molecule has 1 aromatic carbocycles. The van der Waals surface area contributed by atoms with Gasteiger partial charge in [0, 0.05) is 25.2 Å². The molecule has 0 aromatic heterocycles. The Morgan fingerprint density at radius 2 is 1.88 bits per heavy atom. The summed E-state index contributed by atoms with van der Waals surface area (Å²) in [6, 6.07) is 6.68. The Morgan fingerprint density at radius 1 is 1.19 bits per heavy atom. The third-order valence-electron chi connectivity index (χ3n) is 4.38. The molecule has 3 rings (SSSR count). The molecule has 0 unspecified atom stereocenters. The van der Waals surface area contributed by atoms with Crippen LogP contribution in [-0.4, -0.2) is 63.0 Å². The molecule has 7 nitrogen and oxygen atoms in total. The fourth-order valence-corrected chi connectivity index (χ4v) is 4.96. The second-order valence-corrected chi connectivity index (χ2v) is 7.92. The van der Waals surface area contributed by atoms with Crippen LogP contribution >= 0.6 is 0 Å². The molecule has 0 saturated carbocycles. The van der Waals surface area contributed by atoms with Crippen LogP contribution in [0.2, 0.25) is 0 Å². The van der Waals surface area contributed by atoms with E-state index in [0.717, 1.165) is 0 Å². The molecule has 2 heterocycles. The minimum atomic E-state index is -3.81. The van der Waals surface area contributed by atoms with Gasteiger partial charge in [0.1, 0.15) is 0 Å². The van der Waals surface area contributed by atoms with Crippen LogP contribution in [-0.2, 0) is 24.3 Å². The maximum Gasteiger partial charge on any atom is 0.275 e. The number of ether oxygens (including phenoxy) is 2. The number of benzene rings is 1. The highest BCUT2D eigenvalue weighted by atomic mass is 32.2. The van der Waals surface area contributed by atoms with Gasteiger partial charge in [0.05, 0.1) is 24.7 Å². The molecule has 8 heteroatoms. The SMILES string of the molecule is CCCN1C(C(=O)N2CCOCC2)=C(OCC)c2ccccc2S1(=O)=O. The number of nitrogens with zero attached hydrogens (tertiary/aromatic N) is 2. The lowest BCUT2D eigenvalue weighted by Gasteiger charge is -2.36. The number of fused-ring (bicyclic) bond motifs is 1. The van der Waals surface area contributed by atoms with Crippen molar-refractivity contribution < 1.29 is 22.7 Å². The number of carbonyl (C=O) groups excluding carboxylic acids is 1. The van der Waals surface area contributed by atoms with Gasteiger partial charge >= 0.3 is 0 Å². The van der Waals surface area contributed by atoms with E-state index in [1.54, 1.807) is 29.2 Å². The van der Waals surface area contributed by atoms with Crippen molar-refractivity contribution in [1.29, 1.82) is 0 Å². The van der Waals surface area contributed by atoms with Crippen LogP contribution in [0.3, 0.4) is 0 Å². The predicted molar refractivity (Wildman–Crippen MR) is 96.6 cm³/mol. The summed E-state index contributed by atoms with van der Waals surface area (Å²) in [5.41, 5.74) is 0.549. The van der Waals surface area contributed by atoms with Crippen molar-refractivity contribution in [1.82, 2.24) is 9.21 Å². The highest BCUT2D eigenvalue weighted by Crippen LogP contribution is 2.38. The van der Waals surface area contributed by atoms with E-state index in [-0.39, 0.29) is 23.0 Å². The number of rotatable bonds is 5. The predicted octanol–water partition coefficient (Wildman–Crippen LogP) is 1.66. The van der Waals surface area contributed by atoms with Crippen molar-refractivity contribution in [2.45, 2.75) is 25.2 Å². The smallest absolute Gasteiger partial charge is 0.275 e. The number of hydrogen-bond donors (Lipinski definition) is 0. The van der Waals surface area contributed by atoms with Gasteiger partial charge < -0.3 is 14.4 Å². The largest absolute Gasteiger partial charge is 0.491 e. The maximum absolute atomic E-state index is 13.2. The van der Waals surface area contributed by atoms with E-state index in [1.165, 1.54) is 4.31 Å². The van der Waals surface area contributed by atoms with Crippen molar-refractivity contribution in [3.63, 3.8) is 0 Å². The molecule has 0 spiro atoms. The van der Waals surface area contributed by atoms with E-state index < -0.39 is 10.0 Å². The highest BCUT2D eigenvalue weighted by Gasteiger charge is 2.41. The van der Waals surface area contributed by atoms with Gasteiger partial charge in [-0.2, -0.15) is 0 Å². The average Bonchev–Trinajstić information content (AvgIpc) is 2.66. The van der Waals surface area contributed by atoms with Gasteiger partial charge in [0.2, 0.25) is 0 Å². The zero-order valence-electron chi connectivity index (χ0n) is 15.1. The minimum Gasteiger partial charge on any atom is -0.491 e. The third-order valence-corrected chi connectivity index (χ3v) is 6.24. The first-order valence-electron chi connectivity index (χ1n) is 8.88. The van der Waals surface area contributed by atoms with E-state index >= 15 is 0 Å². The number of sulfonamides is 1. The summed E-state index contributed by atoms with van der Waals surface area (Å²) in [6.07, 6.45) is 0.584. The quantitative estimate of drug-likeness (QED) is 0.777. The van der Waals surface area contributed by atoms with Crippen molar-refractivity contribution in [3.05, 3.63) is 35.5 Å². The molecule has 0 bridgehead atoms. The average molecular weight is 380 g/mol. The summed E-state index contributed by atoms with van der Waals surface area (Å²) >= 11 is 0.